The van der Waals surface area contributed by atoms with Gasteiger partial charge >= 0.3 is 182 Å². The van der Waals surface area contributed by atoms with Gasteiger partial charge in [0, 0.05) is 0 Å². The van der Waals surface area contributed by atoms with Crippen LogP contribution in [0, 0.1) is 0 Å². The monoisotopic (exact) mass is 496 g/mol. The standard InChI is InChI=1S/C14H9N2.3C4H9.Sn/c1-2-6-11(7-3-1)14-10-15-12-8-4-5-9-13(12)16-14;3*1-3-4-2;/h1-9H;3*1,3-4H2,2H3;. The molecule has 0 atom stereocenters. The Kier molecular flexibility index (Phi) is 8.52. The van der Waals surface area contributed by atoms with Crippen molar-refractivity contribution >= 4 is 33.1 Å². The molecule has 0 saturated carbocycles. The SMILES string of the molecule is CCC[CH2][Sn]([CH2]CCC)([CH2]CCC)[c]1nc2ccccc2nc1-c1ccccc1. The molecule has 0 saturated heterocycles. The van der Waals surface area contributed by atoms with E-state index in [1.54, 1.807) is 0 Å². The van der Waals surface area contributed by atoms with Crippen LogP contribution in [0.15, 0.2) is 54.6 Å². The maximum absolute atomic E-state index is 5.41. The van der Waals surface area contributed by atoms with Crippen LogP contribution in [0.2, 0.25) is 13.3 Å². The Bertz CT molecular complexity index is 870. The van der Waals surface area contributed by atoms with Gasteiger partial charge in [0.2, 0.25) is 0 Å². The molecule has 0 aliphatic carbocycles. The summed E-state index contributed by atoms with van der Waals surface area (Å²) in [7, 11) is 0. The summed E-state index contributed by atoms with van der Waals surface area (Å²) in [4.78, 5) is 10.6. The van der Waals surface area contributed by atoms with Gasteiger partial charge in [0.05, 0.1) is 0 Å². The molecule has 0 fully saturated rings. The average Bonchev–Trinajstić information content (AvgIpc) is 2.78. The maximum atomic E-state index is 5.41. The quantitative estimate of drug-likeness (QED) is 0.260. The van der Waals surface area contributed by atoms with Gasteiger partial charge < -0.3 is 0 Å². The Hall–Kier alpha value is -1.42. The van der Waals surface area contributed by atoms with Gasteiger partial charge in [-0.05, 0) is 0 Å². The fraction of sp³-hybridized carbons (Fsp3) is 0.462. The topological polar surface area (TPSA) is 25.8 Å². The van der Waals surface area contributed by atoms with Crippen LogP contribution in [0.4, 0.5) is 0 Å². The van der Waals surface area contributed by atoms with E-state index >= 15 is 0 Å². The number of nitrogens with zero attached hydrogens (tertiary/aromatic N) is 2. The molecule has 0 spiro atoms. The molecule has 2 nitrogen and oxygen atoms in total. The van der Waals surface area contributed by atoms with E-state index in [-0.39, 0.29) is 0 Å². The van der Waals surface area contributed by atoms with E-state index in [1.165, 1.54) is 66.8 Å². The van der Waals surface area contributed by atoms with Gasteiger partial charge in [0.25, 0.3) is 0 Å². The van der Waals surface area contributed by atoms with Crippen LogP contribution in [-0.4, -0.2) is 28.3 Å². The third-order valence-corrected chi connectivity index (χ3v) is 21.2. The number of hydrogen-bond donors (Lipinski definition) is 0. The second-order valence-corrected chi connectivity index (χ2v) is 21.3. The number of benzene rings is 2. The predicted octanol–water partition coefficient (Wildman–Crippen LogP) is 7.35. The first-order valence-electron chi connectivity index (χ1n) is 11.6. The van der Waals surface area contributed by atoms with Gasteiger partial charge in [0.15, 0.2) is 0 Å². The molecule has 3 rings (SSSR count). The predicted molar refractivity (Wildman–Crippen MR) is 130 cm³/mol. The minimum atomic E-state index is -2.71. The number of unbranched alkanes of at least 4 members (excludes halogenated alkanes) is 3. The fourth-order valence-corrected chi connectivity index (χ4v) is 20.5. The molecule has 0 radical (unpaired) electrons. The number of rotatable bonds is 11. The van der Waals surface area contributed by atoms with Gasteiger partial charge in [-0.25, -0.2) is 0 Å². The van der Waals surface area contributed by atoms with Gasteiger partial charge in [-0.3, -0.25) is 0 Å². The Labute approximate surface area is 181 Å². The third kappa shape index (κ3) is 5.39. The molecular formula is C26H36N2Sn. The van der Waals surface area contributed by atoms with Crippen molar-refractivity contribution in [3.8, 4) is 11.3 Å². The van der Waals surface area contributed by atoms with E-state index < -0.39 is 18.4 Å². The normalized spacial score (nSPS) is 11.8. The molecule has 154 valence electrons. The molecule has 1 aromatic heterocycles. The molecule has 0 unspecified atom stereocenters. The summed E-state index contributed by atoms with van der Waals surface area (Å²) in [5.74, 6) is 0. The fourth-order valence-electron chi connectivity index (χ4n) is 4.44. The van der Waals surface area contributed by atoms with Crippen LogP contribution in [-0.2, 0) is 0 Å². The molecule has 0 amide bonds. The number of para-hydroxylation sites is 2. The van der Waals surface area contributed by atoms with Crippen molar-refractivity contribution < 1.29 is 0 Å². The zero-order valence-electron chi connectivity index (χ0n) is 18.5. The summed E-state index contributed by atoms with van der Waals surface area (Å²) in [6, 6.07) is 19.2. The van der Waals surface area contributed by atoms with Gasteiger partial charge in [0.1, 0.15) is 0 Å². The Balaban J connectivity index is 2.24. The zero-order chi connectivity index (χ0) is 20.5. The summed E-state index contributed by atoms with van der Waals surface area (Å²) in [5, 5.41) is 0. The zero-order valence-corrected chi connectivity index (χ0v) is 21.3. The summed E-state index contributed by atoms with van der Waals surface area (Å²) in [5.41, 5.74) is 4.53. The van der Waals surface area contributed by atoms with Crippen molar-refractivity contribution in [1.29, 1.82) is 0 Å². The van der Waals surface area contributed by atoms with Crippen molar-refractivity contribution in [2.75, 3.05) is 0 Å². The second-order valence-electron chi connectivity index (χ2n) is 8.37. The first kappa shape index (κ1) is 22.3. The first-order valence-corrected chi connectivity index (χ1v) is 19.0. The van der Waals surface area contributed by atoms with Crippen molar-refractivity contribution in [3.05, 3.63) is 54.6 Å². The Morgan fingerprint density at radius 1 is 0.621 bits per heavy atom. The summed E-state index contributed by atoms with van der Waals surface area (Å²) >= 11 is -2.71. The van der Waals surface area contributed by atoms with Crippen molar-refractivity contribution in [2.45, 2.75) is 72.6 Å². The van der Waals surface area contributed by atoms with Crippen LogP contribution < -0.4 is 3.71 Å². The van der Waals surface area contributed by atoms with E-state index in [0.717, 1.165) is 11.0 Å². The van der Waals surface area contributed by atoms with E-state index in [4.69, 9.17) is 9.97 Å². The van der Waals surface area contributed by atoms with Gasteiger partial charge in [-0.2, -0.15) is 0 Å². The molecule has 0 aliphatic heterocycles. The van der Waals surface area contributed by atoms with E-state index in [2.05, 4.69) is 75.4 Å². The van der Waals surface area contributed by atoms with Crippen molar-refractivity contribution in [2.24, 2.45) is 0 Å². The molecule has 29 heavy (non-hydrogen) atoms. The number of aromatic nitrogens is 2. The molecule has 0 aliphatic rings. The Morgan fingerprint density at radius 3 is 1.62 bits per heavy atom. The van der Waals surface area contributed by atoms with E-state index in [9.17, 15) is 0 Å². The summed E-state index contributed by atoms with van der Waals surface area (Å²) in [6.45, 7) is 7.00. The molecule has 2 aromatic carbocycles. The van der Waals surface area contributed by atoms with Crippen molar-refractivity contribution in [3.63, 3.8) is 0 Å². The summed E-state index contributed by atoms with van der Waals surface area (Å²) in [6.07, 6.45) is 7.85. The first-order chi connectivity index (χ1) is 14.2. The average molecular weight is 495 g/mol. The number of hydrogen-bond acceptors (Lipinski definition) is 2. The minimum absolute atomic E-state index is 1.02. The molecule has 0 bridgehead atoms. The van der Waals surface area contributed by atoms with Crippen LogP contribution in [0.3, 0.4) is 0 Å². The molecule has 3 heteroatoms. The second kappa shape index (κ2) is 11.1. The molecular weight excluding hydrogens is 459 g/mol. The Morgan fingerprint density at radius 2 is 1.10 bits per heavy atom. The van der Waals surface area contributed by atoms with Crippen LogP contribution >= 0.6 is 0 Å². The van der Waals surface area contributed by atoms with Crippen LogP contribution in [0.1, 0.15) is 59.3 Å². The van der Waals surface area contributed by atoms with E-state index in [0.29, 0.717) is 0 Å². The molecule has 0 N–H and O–H groups in total. The summed E-state index contributed by atoms with van der Waals surface area (Å²) < 4.78 is 5.69. The number of fused-ring (bicyclic) bond motifs is 1. The van der Waals surface area contributed by atoms with Crippen molar-refractivity contribution in [1.82, 2.24) is 9.97 Å². The van der Waals surface area contributed by atoms with Gasteiger partial charge in [-0.1, -0.05) is 0 Å². The van der Waals surface area contributed by atoms with Crippen LogP contribution in [0.5, 0.6) is 0 Å². The van der Waals surface area contributed by atoms with Gasteiger partial charge in [-0.15, -0.1) is 0 Å². The molecule has 3 aromatic rings. The third-order valence-electron chi connectivity index (χ3n) is 6.15. The molecule has 1 heterocycles. The van der Waals surface area contributed by atoms with Crippen LogP contribution in [0.25, 0.3) is 22.3 Å². The van der Waals surface area contributed by atoms with E-state index in [1.807, 2.05) is 0 Å².